The number of benzene rings is 1. The number of unbranched alkanes of at least 4 members (excludes halogenated alkanes) is 1. The molecule has 5 amide bonds. The lowest BCUT2D eigenvalue weighted by molar-refractivity contribution is -0.136. The standard InChI is InChI=1S/C24H26N6O6/c31-19-9-8-17(22(33)26-19)30-23(34)15-4-3-5-18(21(15)24(30)35)36-13-20(32)25-10-1-2-11-29-12-16(27-28-29)14-6-7-14/h3-5,12,14,17H,1-2,6-11,13H2,(H,25,32)(H,26,31,33). The van der Waals surface area contributed by atoms with Gasteiger partial charge in [-0.15, -0.1) is 5.10 Å². The van der Waals surface area contributed by atoms with E-state index < -0.39 is 29.7 Å². The highest BCUT2D eigenvalue weighted by Gasteiger charge is 2.46. The first-order valence-electron chi connectivity index (χ1n) is 12.1. The number of aryl methyl sites for hydroxylation is 1. The maximum atomic E-state index is 13.1. The van der Waals surface area contributed by atoms with Crippen molar-refractivity contribution in [3.63, 3.8) is 0 Å². The zero-order chi connectivity index (χ0) is 25.2. The Hall–Kier alpha value is -4.09. The summed E-state index contributed by atoms with van der Waals surface area (Å²) in [5, 5.41) is 13.2. The van der Waals surface area contributed by atoms with E-state index in [1.54, 1.807) is 6.07 Å². The summed E-state index contributed by atoms with van der Waals surface area (Å²) < 4.78 is 7.40. The first kappa shape index (κ1) is 23.6. The highest BCUT2D eigenvalue weighted by Crippen LogP contribution is 2.38. The Bertz CT molecular complexity index is 1240. The number of nitrogens with one attached hydrogen (secondary N) is 2. The number of fused-ring (bicyclic) bond motifs is 1. The van der Waals surface area contributed by atoms with Crippen molar-refractivity contribution in [3.05, 3.63) is 41.2 Å². The van der Waals surface area contributed by atoms with Crippen molar-refractivity contribution in [1.82, 2.24) is 30.5 Å². The van der Waals surface area contributed by atoms with Gasteiger partial charge in [-0.25, -0.2) is 0 Å². The van der Waals surface area contributed by atoms with Crippen LogP contribution in [0.4, 0.5) is 0 Å². The molecule has 1 aliphatic carbocycles. The smallest absolute Gasteiger partial charge is 0.266 e. The van der Waals surface area contributed by atoms with Gasteiger partial charge in [-0.1, -0.05) is 11.3 Å². The van der Waals surface area contributed by atoms with Crippen LogP contribution in [-0.2, 0) is 20.9 Å². The predicted octanol–water partition coefficient (Wildman–Crippen LogP) is 0.532. The molecule has 1 saturated heterocycles. The van der Waals surface area contributed by atoms with Gasteiger partial charge in [0.05, 0.1) is 16.8 Å². The third-order valence-corrected chi connectivity index (χ3v) is 6.48. The lowest BCUT2D eigenvalue weighted by Crippen LogP contribution is -2.54. The van der Waals surface area contributed by atoms with Gasteiger partial charge in [-0.2, -0.15) is 0 Å². The molecule has 1 saturated carbocycles. The van der Waals surface area contributed by atoms with Crippen LogP contribution in [0.5, 0.6) is 5.75 Å². The molecule has 1 atom stereocenters. The summed E-state index contributed by atoms with van der Waals surface area (Å²) in [6.45, 7) is 0.853. The van der Waals surface area contributed by atoms with E-state index in [-0.39, 0.29) is 42.2 Å². The minimum atomic E-state index is -1.07. The molecular formula is C24H26N6O6. The molecule has 12 nitrogen and oxygen atoms in total. The summed E-state index contributed by atoms with van der Waals surface area (Å²) in [7, 11) is 0. The summed E-state index contributed by atoms with van der Waals surface area (Å²) in [6.07, 6.45) is 6.02. The van der Waals surface area contributed by atoms with Crippen LogP contribution < -0.4 is 15.4 Å². The van der Waals surface area contributed by atoms with Gasteiger partial charge in [-0.3, -0.25) is 38.9 Å². The molecule has 12 heteroatoms. The third kappa shape index (κ3) is 4.83. The van der Waals surface area contributed by atoms with E-state index in [1.165, 1.54) is 25.0 Å². The van der Waals surface area contributed by atoms with Crippen LogP contribution in [0.2, 0.25) is 0 Å². The number of amides is 5. The van der Waals surface area contributed by atoms with Gasteiger partial charge < -0.3 is 10.1 Å². The Labute approximate surface area is 206 Å². The Morgan fingerprint density at radius 3 is 2.72 bits per heavy atom. The average Bonchev–Trinajstić information content (AvgIpc) is 3.55. The second-order valence-corrected chi connectivity index (χ2v) is 9.15. The molecule has 2 N–H and O–H groups in total. The molecule has 3 heterocycles. The molecule has 1 aromatic carbocycles. The summed E-state index contributed by atoms with van der Waals surface area (Å²) in [5.41, 5.74) is 1.16. The Balaban J connectivity index is 1.10. The number of hydrogen-bond donors (Lipinski definition) is 2. The molecule has 2 fully saturated rings. The predicted molar refractivity (Wildman–Crippen MR) is 123 cm³/mol. The van der Waals surface area contributed by atoms with Gasteiger partial charge >= 0.3 is 0 Å². The number of imide groups is 2. The summed E-state index contributed by atoms with van der Waals surface area (Å²) >= 11 is 0. The second kappa shape index (κ2) is 9.88. The quantitative estimate of drug-likeness (QED) is 0.358. The molecule has 0 bridgehead atoms. The molecule has 5 rings (SSSR count). The Kier molecular flexibility index (Phi) is 6.49. The van der Waals surface area contributed by atoms with Crippen molar-refractivity contribution < 1.29 is 28.7 Å². The second-order valence-electron chi connectivity index (χ2n) is 9.15. The van der Waals surface area contributed by atoms with E-state index in [9.17, 15) is 24.0 Å². The fourth-order valence-corrected chi connectivity index (χ4v) is 4.41. The van der Waals surface area contributed by atoms with Crippen LogP contribution in [-0.4, -0.2) is 68.6 Å². The van der Waals surface area contributed by atoms with Gasteiger partial charge in [0.15, 0.2) is 6.61 Å². The van der Waals surface area contributed by atoms with Crippen LogP contribution in [0.15, 0.2) is 24.4 Å². The van der Waals surface area contributed by atoms with Crippen LogP contribution in [0.1, 0.15) is 70.9 Å². The van der Waals surface area contributed by atoms with Crippen molar-refractivity contribution >= 4 is 29.5 Å². The number of hydrogen-bond acceptors (Lipinski definition) is 8. The summed E-state index contributed by atoms with van der Waals surface area (Å²) in [5.74, 6) is -2.14. The maximum Gasteiger partial charge on any atom is 0.266 e. The molecule has 0 spiro atoms. The lowest BCUT2D eigenvalue weighted by Gasteiger charge is -2.27. The normalized spacial score (nSPS) is 19.3. The van der Waals surface area contributed by atoms with Crippen molar-refractivity contribution in [3.8, 4) is 5.75 Å². The minimum absolute atomic E-state index is 0.0124. The number of carbonyl (C=O) groups is 5. The highest BCUT2D eigenvalue weighted by molar-refractivity contribution is 6.24. The first-order valence-corrected chi connectivity index (χ1v) is 12.1. The van der Waals surface area contributed by atoms with Gasteiger partial charge in [0.1, 0.15) is 11.8 Å². The van der Waals surface area contributed by atoms with Gasteiger partial charge in [0.25, 0.3) is 17.7 Å². The third-order valence-electron chi connectivity index (χ3n) is 6.48. The number of aromatic nitrogens is 3. The van der Waals surface area contributed by atoms with Crippen molar-refractivity contribution in [2.75, 3.05) is 13.2 Å². The fraction of sp³-hybridized carbons (Fsp3) is 0.458. The number of piperidine rings is 1. The van der Waals surface area contributed by atoms with Crippen LogP contribution in [0.25, 0.3) is 0 Å². The van der Waals surface area contributed by atoms with E-state index in [0.717, 1.165) is 30.0 Å². The van der Waals surface area contributed by atoms with Crippen molar-refractivity contribution in [2.24, 2.45) is 0 Å². The average molecular weight is 495 g/mol. The monoisotopic (exact) mass is 494 g/mol. The number of nitrogens with zero attached hydrogens (tertiary/aromatic N) is 4. The Morgan fingerprint density at radius 2 is 1.94 bits per heavy atom. The van der Waals surface area contributed by atoms with Crippen LogP contribution >= 0.6 is 0 Å². The zero-order valence-electron chi connectivity index (χ0n) is 19.6. The maximum absolute atomic E-state index is 13.1. The molecule has 1 unspecified atom stereocenters. The topological polar surface area (TPSA) is 153 Å². The molecule has 1 aromatic heterocycles. The lowest BCUT2D eigenvalue weighted by atomic mass is 10.0. The fourth-order valence-electron chi connectivity index (χ4n) is 4.41. The number of carbonyl (C=O) groups excluding carboxylic acids is 5. The van der Waals surface area contributed by atoms with Gasteiger partial charge in [0.2, 0.25) is 11.8 Å². The first-order chi connectivity index (χ1) is 17.4. The molecular weight excluding hydrogens is 468 g/mol. The molecule has 2 aromatic rings. The molecule has 2 aliphatic heterocycles. The summed E-state index contributed by atoms with van der Waals surface area (Å²) in [6, 6.07) is 3.45. The molecule has 3 aliphatic rings. The summed E-state index contributed by atoms with van der Waals surface area (Å²) in [4.78, 5) is 62.7. The van der Waals surface area contributed by atoms with E-state index >= 15 is 0 Å². The SMILES string of the molecule is O=C(COc1cccc2c1C(=O)N(C1CCC(=O)NC1=O)C2=O)NCCCCn1cc(C2CC2)nn1. The molecule has 36 heavy (non-hydrogen) atoms. The van der Waals surface area contributed by atoms with Gasteiger partial charge in [-0.05, 0) is 44.2 Å². The largest absolute Gasteiger partial charge is 0.483 e. The van der Waals surface area contributed by atoms with Crippen LogP contribution in [0.3, 0.4) is 0 Å². The van der Waals surface area contributed by atoms with Crippen LogP contribution in [0, 0.1) is 0 Å². The van der Waals surface area contributed by atoms with Crippen molar-refractivity contribution in [1.29, 1.82) is 0 Å². The van der Waals surface area contributed by atoms with E-state index in [4.69, 9.17) is 4.74 Å². The number of ether oxygens (including phenoxy) is 1. The molecule has 0 radical (unpaired) electrons. The van der Waals surface area contributed by atoms with E-state index in [1.807, 2.05) is 10.9 Å². The van der Waals surface area contributed by atoms with Gasteiger partial charge in [0, 0.05) is 31.6 Å². The molecule has 188 valence electrons. The Morgan fingerprint density at radius 1 is 1.11 bits per heavy atom. The van der Waals surface area contributed by atoms with E-state index in [0.29, 0.717) is 12.5 Å². The van der Waals surface area contributed by atoms with Crippen molar-refractivity contribution in [2.45, 2.75) is 57.0 Å². The zero-order valence-corrected chi connectivity index (χ0v) is 19.6. The highest BCUT2D eigenvalue weighted by atomic mass is 16.5. The minimum Gasteiger partial charge on any atom is -0.483 e. The van der Waals surface area contributed by atoms with E-state index in [2.05, 4.69) is 20.9 Å². The number of rotatable bonds is 10.